The summed E-state index contributed by atoms with van der Waals surface area (Å²) in [6.07, 6.45) is 0.366. The third kappa shape index (κ3) is 2.57. The van der Waals surface area contributed by atoms with Gasteiger partial charge in [-0.3, -0.25) is 5.01 Å². The Morgan fingerprint density at radius 1 is 1.23 bits per heavy atom. The van der Waals surface area contributed by atoms with Gasteiger partial charge >= 0.3 is 5.97 Å². The van der Waals surface area contributed by atoms with Crippen molar-refractivity contribution < 1.29 is 9.90 Å². The Balaban J connectivity index is 2.07. The molecule has 0 amide bonds. The molecule has 0 aliphatic carbocycles. The molecule has 0 unspecified atom stereocenters. The average Bonchev–Trinajstić information content (AvgIpc) is 2.96. The number of aliphatic carboxylic acids is 1. The number of anilines is 1. The molecule has 1 atom stereocenters. The van der Waals surface area contributed by atoms with E-state index in [-0.39, 0.29) is 11.8 Å². The molecule has 0 saturated heterocycles. The number of carboxylic acid groups (broad SMARTS) is 1. The molecule has 0 saturated carbocycles. The second-order valence-corrected chi connectivity index (χ2v) is 5.62. The van der Waals surface area contributed by atoms with Gasteiger partial charge in [0.2, 0.25) is 0 Å². The number of hydrazone groups is 1. The minimum absolute atomic E-state index is 0.135. The van der Waals surface area contributed by atoms with Crippen LogP contribution in [-0.2, 0) is 4.79 Å². The van der Waals surface area contributed by atoms with Crippen molar-refractivity contribution in [3.63, 3.8) is 0 Å². The van der Waals surface area contributed by atoms with E-state index in [9.17, 15) is 9.90 Å². The van der Waals surface area contributed by atoms with Gasteiger partial charge in [-0.15, -0.1) is 0 Å². The average molecular weight is 315 g/mol. The second kappa shape index (κ2) is 5.81. The summed E-state index contributed by atoms with van der Waals surface area (Å²) in [5.74, 6) is -0.983. The molecule has 112 valence electrons. The summed E-state index contributed by atoms with van der Waals surface area (Å²) in [5, 5.41) is 16.0. The number of nitrogens with zero attached hydrogens (tertiary/aromatic N) is 2. The molecule has 0 spiro atoms. The number of hydrogen-bond acceptors (Lipinski definition) is 3. The fourth-order valence-corrected chi connectivity index (χ4v) is 2.81. The molecule has 1 aliphatic heterocycles. The molecule has 1 N–H and O–H groups in total. The van der Waals surface area contributed by atoms with E-state index in [1.807, 2.05) is 55.5 Å². The van der Waals surface area contributed by atoms with Crippen LogP contribution in [0.5, 0.6) is 0 Å². The quantitative estimate of drug-likeness (QED) is 0.930. The molecule has 0 fully saturated rings. The molecular weight excluding hydrogens is 300 g/mol. The van der Waals surface area contributed by atoms with Crippen LogP contribution < -0.4 is 5.01 Å². The van der Waals surface area contributed by atoms with Crippen LogP contribution in [0.4, 0.5) is 5.69 Å². The predicted molar refractivity (Wildman–Crippen MR) is 87.5 cm³/mol. The highest BCUT2D eigenvalue weighted by Gasteiger charge is 2.33. The van der Waals surface area contributed by atoms with E-state index in [0.29, 0.717) is 11.4 Å². The van der Waals surface area contributed by atoms with E-state index in [0.717, 1.165) is 16.8 Å². The van der Waals surface area contributed by atoms with Crippen molar-refractivity contribution in [2.45, 2.75) is 19.4 Å². The number of benzene rings is 2. The highest BCUT2D eigenvalue weighted by atomic mass is 35.5. The van der Waals surface area contributed by atoms with Gasteiger partial charge in [-0.1, -0.05) is 48.0 Å². The first-order chi connectivity index (χ1) is 10.6. The van der Waals surface area contributed by atoms with Crippen molar-refractivity contribution in [2.24, 2.45) is 5.10 Å². The summed E-state index contributed by atoms with van der Waals surface area (Å²) < 4.78 is 0. The van der Waals surface area contributed by atoms with E-state index in [4.69, 9.17) is 11.6 Å². The van der Waals surface area contributed by atoms with Crippen molar-refractivity contribution in [1.29, 1.82) is 0 Å². The number of rotatable bonds is 3. The summed E-state index contributed by atoms with van der Waals surface area (Å²) in [6.45, 7) is 1.91. The van der Waals surface area contributed by atoms with Crippen LogP contribution in [0.25, 0.3) is 0 Å². The lowest BCUT2D eigenvalue weighted by Crippen LogP contribution is -2.19. The summed E-state index contributed by atoms with van der Waals surface area (Å²) in [4.78, 5) is 11.3. The molecule has 0 aromatic heterocycles. The largest absolute Gasteiger partial charge is 0.477 e. The Kier molecular flexibility index (Phi) is 3.86. The number of hydrogen-bond donors (Lipinski definition) is 1. The summed E-state index contributed by atoms with van der Waals surface area (Å²) in [6, 6.07) is 15.2. The van der Waals surface area contributed by atoms with E-state index < -0.39 is 5.97 Å². The molecule has 1 aliphatic rings. The Labute approximate surface area is 133 Å². The first-order valence-electron chi connectivity index (χ1n) is 6.98. The van der Waals surface area contributed by atoms with Crippen molar-refractivity contribution >= 4 is 29.0 Å². The number of carboxylic acids is 1. The third-order valence-corrected chi connectivity index (χ3v) is 4.24. The zero-order valence-electron chi connectivity index (χ0n) is 12.0. The molecule has 3 rings (SSSR count). The lowest BCUT2D eigenvalue weighted by molar-refractivity contribution is -0.129. The third-order valence-electron chi connectivity index (χ3n) is 3.83. The van der Waals surface area contributed by atoms with Crippen LogP contribution in [0.15, 0.2) is 53.6 Å². The van der Waals surface area contributed by atoms with Gasteiger partial charge in [0.25, 0.3) is 0 Å². The highest BCUT2D eigenvalue weighted by molar-refractivity contribution is 6.36. The zero-order valence-corrected chi connectivity index (χ0v) is 12.8. The van der Waals surface area contributed by atoms with Gasteiger partial charge in [-0.2, -0.15) is 5.10 Å². The van der Waals surface area contributed by atoms with Gasteiger partial charge in [0.15, 0.2) is 0 Å². The first-order valence-corrected chi connectivity index (χ1v) is 7.36. The molecule has 4 nitrogen and oxygen atoms in total. The fraction of sp³-hybridized carbons (Fsp3) is 0.176. The van der Waals surface area contributed by atoms with E-state index >= 15 is 0 Å². The van der Waals surface area contributed by atoms with Gasteiger partial charge in [-0.25, -0.2) is 4.79 Å². The molecule has 2 aromatic carbocycles. The smallest absolute Gasteiger partial charge is 0.352 e. The maximum atomic E-state index is 11.3. The van der Waals surface area contributed by atoms with E-state index in [1.165, 1.54) is 0 Å². The molecular formula is C17H15ClN2O2. The molecule has 2 aromatic rings. The van der Waals surface area contributed by atoms with Crippen LogP contribution in [0, 0.1) is 6.92 Å². The molecule has 0 radical (unpaired) electrons. The van der Waals surface area contributed by atoms with Crippen LogP contribution >= 0.6 is 11.6 Å². The Morgan fingerprint density at radius 3 is 2.64 bits per heavy atom. The maximum Gasteiger partial charge on any atom is 0.352 e. The van der Waals surface area contributed by atoms with Gasteiger partial charge in [-0.05, 0) is 30.2 Å². The SMILES string of the molecule is Cc1c(Cl)cccc1N1N=C(C(=O)O)C[C@@H]1c1ccccc1. The van der Waals surface area contributed by atoms with Gasteiger partial charge < -0.3 is 5.11 Å². The second-order valence-electron chi connectivity index (χ2n) is 5.21. The van der Waals surface area contributed by atoms with Crippen LogP contribution in [0.3, 0.4) is 0 Å². The normalized spacial score (nSPS) is 17.5. The Hall–Kier alpha value is -2.33. The van der Waals surface area contributed by atoms with Crippen LogP contribution in [0.2, 0.25) is 5.02 Å². The Morgan fingerprint density at radius 2 is 1.95 bits per heavy atom. The summed E-state index contributed by atoms with van der Waals surface area (Å²) in [7, 11) is 0. The lowest BCUT2D eigenvalue weighted by atomic mass is 10.0. The van der Waals surface area contributed by atoms with Gasteiger partial charge in [0, 0.05) is 11.4 Å². The zero-order chi connectivity index (χ0) is 15.7. The lowest BCUT2D eigenvalue weighted by Gasteiger charge is -2.25. The van der Waals surface area contributed by atoms with Crippen molar-refractivity contribution in [1.82, 2.24) is 0 Å². The van der Waals surface area contributed by atoms with E-state index in [1.54, 1.807) is 5.01 Å². The van der Waals surface area contributed by atoms with Gasteiger partial charge in [0.1, 0.15) is 5.71 Å². The molecule has 5 heteroatoms. The standard InChI is InChI=1S/C17H15ClN2O2/c1-11-13(18)8-5-9-15(11)20-16(10-14(19-20)17(21)22)12-6-3-2-4-7-12/h2-9,16H,10H2,1H3,(H,21,22)/t16-/m1/s1. The van der Waals surface area contributed by atoms with Gasteiger partial charge in [0.05, 0.1) is 11.7 Å². The Bertz CT molecular complexity index is 744. The summed E-state index contributed by atoms with van der Waals surface area (Å²) >= 11 is 6.19. The van der Waals surface area contributed by atoms with E-state index in [2.05, 4.69) is 5.10 Å². The maximum absolute atomic E-state index is 11.3. The molecule has 22 heavy (non-hydrogen) atoms. The minimum Gasteiger partial charge on any atom is -0.477 e. The fourth-order valence-electron chi connectivity index (χ4n) is 2.64. The number of halogens is 1. The highest BCUT2D eigenvalue weighted by Crippen LogP contribution is 2.38. The first kappa shape index (κ1) is 14.6. The van der Waals surface area contributed by atoms with Crippen LogP contribution in [-0.4, -0.2) is 16.8 Å². The monoisotopic (exact) mass is 314 g/mol. The topological polar surface area (TPSA) is 52.9 Å². The van der Waals surface area contributed by atoms with Crippen molar-refractivity contribution in [2.75, 3.05) is 5.01 Å². The minimum atomic E-state index is -0.983. The van der Waals surface area contributed by atoms with Crippen LogP contribution in [0.1, 0.15) is 23.6 Å². The van der Waals surface area contributed by atoms with Crippen molar-refractivity contribution in [3.05, 3.63) is 64.7 Å². The summed E-state index contributed by atoms with van der Waals surface area (Å²) in [5.41, 5.74) is 2.91. The predicted octanol–water partition coefficient (Wildman–Crippen LogP) is 4.04. The molecule has 1 heterocycles. The molecule has 0 bridgehead atoms. The van der Waals surface area contributed by atoms with Crippen molar-refractivity contribution in [3.8, 4) is 0 Å². The number of carbonyl (C=O) groups is 1.